The van der Waals surface area contributed by atoms with Gasteiger partial charge in [-0.3, -0.25) is 0 Å². The molecule has 2 aliphatic carbocycles. The molecule has 2 fully saturated rings. The highest BCUT2D eigenvalue weighted by atomic mass is 16.4. The van der Waals surface area contributed by atoms with Gasteiger partial charge in [-0.25, -0.2) is 14.8 Å². The Balaban J connectivity index is 1.21. The zero-order valence-electron chi connectivity index (χ0n) is 40.2. The summed E-state index contributed by atoms with van der Waals surface area (Å²) in [6.07, 6.45) is 30.4. The molecule has 3 aromatic heterocycles. The number of fused-ring (bicyclic) bond motifs is 8. The molecule has 0 spiro atoms. The van der Waals surface area contributed by atoms with Crippen LogP contribution in [0.25, 0.3) is 46.4 Å². The van der Waals surface area contributed by atoms with Gasteiger partial charge in [-0.2, -0.15) is 0 Å². The van der Waals surface area contributed by atoms with E-state index in [4.69, 9.17) is 9.97 Å². The number of hydrogen-bond donors (Lipinski definition) is 3. The van der Waals surface area contributed by atoms with Gasteiger partial charge >= 0.3 is 5.97 Å². The Hall–Kier alpha value is -6.57. The minimum Gasteiger partial charge on any atom is -0.478 e. The standard InChI is InChI=1S/C61H67N5O2/c1-3-5-7-15-41-66(42-16-8-6-4-2)48-29-23-44(24-30-48)26-32-50-53-35-39-57(64-53)59(45-17-11-9-12-18-45)55-37-33-51(62-55)49(31-25-43-21-27-47(28-22-43)61(67)68)52-34-38-56(63-52)60(46-19-13-10-14-20-46)58-40-36-54(50)65-58/h21-24,27-30,33-40,45-46,64-65H,3-20,41-42H2,1-2H3,(H,67,68). The first-order valence-corrected chi connectivity index (χ1v) is 25.8. The summed E-state index contributed by atoms with van der Waals surface area (Å²) in [5.41, 5.74) is 15.0. The van der Waals surface area contributed by atoms with Crippen LogP contribution in [0.5, 0.6) is 0 Å². The van der Waals surface area contributed by atoms with Crippen LogP contribution in [-0.2, 0) is 0 Å². The molecule has 2 saturated carbocycles. The van der Waals surface area contributed by atoms with Gasteiger partial charge < -0.3 is 20.0 Å². The number of H-pyrrole nitrogens is 2. The fourth-order valence-electron chi connectivity index (χ4n) is 10.7. The molecule has 0 atom stereocenters. The molecule has 3 N–H and O–H groups in total. The van der Waals surface area contributed by atoms with Gasteiger partial charge in [0, 0.05) is 52.1 Å². The van der Waals surface area contributed by atoms with Crippen LogP contribution >= 0.6 is 0 Å². The van der Waals surface area contributed by atoms with Crippen molar-refractivity contribution < 1.29 is 9.90 Å². The minimum absolute atomic E-state index is 0.235. The number of aromatic amines is 2. The van der Waals surface area contributed by atoms with Gasteiger partial charge in [0.25, 0.3) is 0 Å². The Kier molecular flexibility index (Phi) is 15.4. The number of nitrogens with one attached hydrogen (secondary N) is 2. The van der Waals surface area contributed by atoms with E-state index in [0.717, 1.165) is 106 Å². The van der Waals surface area contributed by atoms with Crippen LogP contribution in [0.2, 0.25) is 0 Å². The third-order valence-corrected chi connectivity index (χ3v) is 14.5. The normalized spacial score (nSPS) is 14.9. The molecule has 2 aliphatic heterocycles. The van der Waals surface area contributed by atoms with Crippen LogP contribution in [0.1, 0.15) is 208 Å². The Morgan fingerprint density at radius 1 is 0.529 bits per heavy atom. The first kappa shape index (κ1) is 46.5. The molecular formula is C61H67N5O2. The molecule has 2 aromatic carbocycles. The monoisotopic (exact) mass is 902 g/mol. The van der Waals surface area contributed by atoms with Crippen LogP contribution in [0.15, 0.2) is 72.8 Å². The number of rotatable bonds is 14. The lowest BCUT2D eigenvalue weighted by Crippen LogP contribution is -2.25. The van der Waals surface area contributed by atoms with E-state index in [1.807, 2.05) is 0 Å². The number of nitrogens with zero attached hydrogens (tertiary/aromatic N) is 3. The van der Waals surface area contributed by atoms with Crippen LogP contribution in [0.3, 0.4) is 0 Å². The van der Waals surface area contributed by atoms with Gasteiger partial charge in [0.2, 0.25) is 0 Å². The molecule has 0 radical (unpaired) electrons. The zero-order chi connectivity index (χ0) is 46.7. The van der Waals surface area contributed by atoms with Crippen molar-refractivity contribution in [3.05, 3.63) is 135 Å². The molecule has 348 valence electrons. The summed E-state index contributed by atoms with van der Waals surface area (Å²) in [5, 5.41) is 9.52. The molecule has 0 amide bonds. The van der Waals surface area contributed by atoms with Gasteiger partial charge in [0.05, 0.1) is 50.5 Å². The average molecular weight is 902 g/mol. The van der Waals surface area contributed by atoms with Gasteiger partial charge in [0.1, 0.15) is 0 Å². The number of benzene rings is 2. The highest BCUT2D eigenvalue weighted by Crippen LogP contribution is 2.40. The number of carbonyl (C=O) groups is 1. The number of anilines is 1. The Bertz CT molecular complexity index is 2800. The van der Waals surface area contributed by atoms with Crippen LogP contribution in [0, 0.1) is 23.7 Å². The largest absolute Gasteiger partial charge is 0.478 e. The minimum atomic E-state index is -0.956. The van der Waals surface area contributed by atoms with E-state index in [0.29, 0.717) is 11.8 Å². The molecule has 8 bridgehead atoms. The second-order valence-corrected chi connectivity index (χ2v) is 19.3. The highest BCUT2D eigenvalue weighted by molar-refractivity contribution is 5.88. The summed E-state index contributed by atoms with van der Waals surface area (Å²) in [7, 11) is 0. The lowest BCUT2D eigenvalue weighted by molar-refractivity contribution is 0.0697. The zero-order valence-corrected chi connectivity index (χ0v) is 40.2. The lowest BCUT2D eigenvalue weighted by atomic mass is 9.83. The number of aromatic nitrogens is 4. The summed E-state index contributed by atoms with van der Waals surface area (Å²) in [6, 6.07) is 24.6. The predicted octanol–water partition coefficient (Wildman–Crippen LogP) is 15.2. The van der Waals surface area contributed by atoms with Crippen molar-refractivity contribution >= 4 is 58.0 Å². The third kappa shape index (κ3) is 11.1. The van der Waals surface area contributed by atoms with E-state index in [1.54, 1.807) is 24.3 Å². The van der Waals surface area contributed by atoms with Crippen molar-refractivity contribution in [3.63, 3.8) is 0 Å². The summed E-state index contributed by atoms with van der Waals surface area (Å²) in [4.78, 5) is 32.9. The number of carboxylic acids is 1. The maximum Gasteiger partial charge on any atom is 0.335 e. The topological polar surface area (TPSA) is 97.9 Å². The molecule has 5 heterocycles. The van der Waals surface area contributed by atoms with E-state index in [1.165, 1.54) is 107 Å². The van der Waals surface area contributed by atoms with Crippen molar-refractivity contribution in [2.45, 2.75) is 141 Å². The molecule has 9 rings (SSSR count). The highest BCUT2D eigenvalue weighted by Gasteiger charge is 2.25. The number of aromatic carboxylic acids is 1. The van der Waals surface area contributed by atoms with E-state index in [9.17, 15) is 9.90 Å². The van der Waals surface area contributed by atoms with Crippen LogP contribution in [-0.4, -0.2) is 44.1 Å². The van der Waals surface area contributed by atoms with Gasteiger partial charge in [0.15, 0.2) is 0 Å². The summed E-state index contributed by atoms with van der Waals surface area (Å²) >= 11 is 0. The van der Waals surface area contributed by atoms with Crippen molar-refractivity contribution in [2.75, 3.05) is 18.0 Å². The quantitative estimate of drug-likeness (QED) is 0.0746. The third-order valence-electron chi connectivity index (χ3n) is 14.5. The van der Waals surface area contributed by atoms with Crippen molar-refractivity contribution in [3.8, 4) is 23.7 Å². The molecule has 0 unspecified atom stereocenters. The van der Waals surface area contributed by atoms with Gasteiger partial charge in [-0.05, 0) is 147 Å². The van der Waals surface area contributed by atoms with Crippen molar-refractivity contribution in [1.82, 2.24) is 19.9 Å². The summed E-state index contributed by atoms with van der Waals surface area (Å²) in [6.45, 7) is 6.76. The number of unbranched alkanes of at least 4 members (excludes halogenated alkanes) is 6. The van der Waals surface area contributed by atoms with Gasteiger partial charge in [-0.1, -0.05) is 115 Å². The van der Waals surface area contributed by atoms with Crippen molar-refractivity contribution in [2.24, 2.45) is 0 Å². The first-order chi connectivity index (χ1) is 33.4. The van der Waals surface area contributed by atoms with Crippen LogP contribution in [0.4, 0.5) is 5.69 Å². The molecule has 7 heteroatoms. The second kappa shape index (κ2) is 22.5. The smallest absolute Gasteiger partial charge is 0.335 e. The summed E-state index contributed by atoms with van der Waals surface area (Å²) in [5.74, 6) is 13.9. The molecule has 4 aliphatic rings. The molecule has 68 heavy (non-hydrogen) atoms. The van der Waals surface area contributed by atoms with Gasteiger partial charge in [-0.15, -0.1) is 0 Å². The molecular weight excluding hydrogens is 835 g/mol. The maximum absolute atomic E-state index is 11.6. The maximum atomic E-state index is 11.6. The predicted molar refractivity (Wildman–Crippen MR) is 283 cm³/mol. The fraction of sp³-hybridized carbons (Fsp3) is 0.393. The molecule has 5 aromatic rings. The lowest BCUT2D eigenvalue weighted by Gasteiger charge is -2.25. The van der Waals surface area contributed by atoms with E-state index in [-0.39, 0.29) is 5.56 Å². The Morgan fingerprint density at radius 3 is 1.44 bits per heavy atom. The Labute approximate surface area is 403 Å². The van der Waals surface area contributed by atoms with E-state index in [2.05, 4.69) is 125 Å². The van der Waals surface area contributed by atoms with E-state index < -0.39 is 5.97 Å². The van der Waals surface area contributed by atoms with Crippen LogP contribution < -0.4 is 4.90 Å². The molecule has 0 saturated heterocycles. The average Bonchev–Trinajstić information content (AvgIpc) is 4.23. The first-order valence-electron chi connectivity index (χ1n) is 25.8. The number of hydrogen-bond acceptors (Lipinski definition) is 4. The number of carboxylic acid groups (broad SMARTS) is 1. The summed E-state index contributed by atoms with van der Waals surface area (Å²) < 4.78 is 0. The Morgan fingerprint density at radius 2 is 0.971 bits per heavy atom. The van der Waals surface area contributed by atoms with Crippen molar-refractivity contribution in [1.29, 1.82) is 0 Å². The SMILES string of the molecule is CCCCCCN(CCCCCC)c1ccc(C#Cc2c3ccc([nH]3)c(C3CCCCC3)c3nc(c(C#Cc4ccc(C(=O)O)cc4)c4nc(c(C5CCCCC5)c5ccc2[nH]5)C=C4)C=C3)cc1. The molecule has 7 nitrogen and oxygen atoms in total. The van der Waals surface area contributed by atoms with E-state index >= 15 is 0 Å². The fourth-order valence-corrected chi connectivity index (χ4v) is 10.7. The second-order valence-electron chi connectivity index (χ2n) is 19.3.